The van der Waals surface area contributed by atoms with Gasteiger partial charge in [0.15, 0.2) is 0 Å². The van der Waals surface area contributed by atoms with Gasteiger partial charge in [0, 0.05) is 5.56 Å². The van der Waals surface area contributed by atoms with Gasteiger partial charge in [0.1, 0.15) is 5.82 Å². The Bertz CT molecular complexity index is 1220. The number of rotatable bonds is 6. The number of aromatic amines is 1. The lowest BCUT2D eigenvalue weighted by molar-refractivity contribution is 0.593. The number of anilines is 1. The van der Waals surface area contributed by atoms with Crippen LogP contribution in [0.5, 0.6) is 0 Å². The molecule has 0 aliphatic heterocycles. The molecule has 0 aliphatic carbocycles. The van der Waals surface area contributed by atoms with E-state index in [9.17, 15) is 8.42 Å². The van der Waals surface area contributed by atoms with Crippen molar-refractivity contribution in [1.82, 2.24) is 9.97 Å². The van der Waals surface area contributed by atoms with Crippen molar-refractivity contribution >= 4 is 26.7 Å². The van der Waals surface area contributed by atoms with Crippen molar-refractivity contribution in [3.8, 4) is 11.4 Å². The smallest absolute Gasteiger partial charge is 0.264 e. The average molecular weight is 389 g/mol. The first-order valence-electron chi connectivity index (χ1n) is 8.83. The maximum Gasteiger partial charge on any atom is 0.264 e. The number of hydrogen-bond acceptors (Lipinski definition) is 3. The van der Waals surface area contributed by atoms with Gasteiger partial charge in [-0.2, -0.15) is 0 Å². The molecule has 3 aromatic carbocycles. The van der Waals surface area contributed by atoms with Crippen LogP contribution in [-0.2, 0) is 10.0 Å². The van der Waals surface area contributed by atoms with Crippen LogP contribution < -0.4 is 4.31 Å². The van der Waals surface area contributed by atoms with E-state index in [1.807, 2.05) is 48.5 Å². The molecule has 0 spiro atoms. The van der Waals surface area contributed by atoms with E-state index < -0.39 is 10.0 Å². The molecule has 4 rings (SSSR count). The zero-order valence-corrected chi connectivity index (χ0v) is 15.9. The van der Waals surface area contributed by atoms with Gasteiger partial charge in [-0.1, -0.05) is 54.6 Å². The van der Waals surface area contributed by atoms with Crippen molar-refractivity contribution in [2.45, 2.75) is 4.90 Å². The summed E-state index contributed by atoms with van der Waals surface area (Å²) in [6.07, 6.45) is 1.58. The number of hydrogen-bond donors (Lipinski definition) is 1. The van der Waals surface area contributed by atoms with Gasteiger partial charge in [0.25, 0.3) is 10.0 Å². The van der Waals surface area contributed by atoms with Gasteiger partial charge in [-0.15, -0.1) is 6.58 Å². The second-order valence-corrected chi connectivity index (χ2v) is 8.15. The zero-order chi connectivity index (χ0) is 19.6. The van der Waals surface area contributed by atoms with Crippen LogP contribution in [0, 0.1) is 0 Å². The van der Waals surface area contributed by atoms with Gasteiger partial charge in [0.2, 0.25) is 0 Å². The van der Waals surface area contributed by atoms with Crippen molar-refractivity contribution in [1.29, 1.82) is 0 Å². The summed E-state index contributed by atoms with van der Waals surface area (Å²) in [5, 5.41) is 0. The number of nitrogens with one attached hydrogen (secondary N) is 1. The van der Waals surface area contributed by atoms with Crippen molar-refractivity contribution < 1.29 is 8.42 Å². The molecule has 0 saturated carbocycles. The van der Waals surface area contributed by atoms with E-state index in [1.54, 1.807) is 36.4 Å². The highest BCUT2D eigenvalue weighted by atomic mass is 32.2. The highest BCUT2D eigenvalue weighted by Gasteiger charge is 2.24. The summed E-state index contributed by atoms with van der Waals surface area (Å²) in [5.74, 6) is 0.705. The van der Waals surface area contributed by atoms with Crippen molar-refractivity contribution in [3.63, 3.8) is 0 Å². The van der Waals surface area contributed by atoms with Crippen LogP contribution in [0.1, 0.15) is 0 Å². The van der Waals surface area contributed by atoms with Gasteiger partial charge in [0.05, 0.1) is 28.2 Å². The maximum absolute atomic E-state index is 13.3. The predicted octanol–water partition coefficient (Wildman–Crippen LogP) is 4.61. The van der Waals surface area contributed by atoms with Crippen LogP contribution >= 0.6 is 0 Å². The molecule has 28 heavy (non-hydrogen) atoms. The molecule has 5 nitrogen and oxygen atoms in total. The molecular formula is C22H19N3O2S. The molecule has 0 saturated heterocycles. The molecule has 1 N–H and O–H groups in total. The second-order valence-electron chi connectivity index (χ2n) is 6.29. The average Bonchev–Trinajstić information content (AvgIpc) is 3.16. The Morgan fingerprint density at radius 2 is 1.64 bits per heavy atom. The van der Waals surface area contributed by atoms with Gasteiger partial charge in [-0.3, -0.25) is 4.31 Å². The molecule has 140 valence electrons. The summed E-state index contributed by atoms with van der Waals surface area (Å²) in [6, 6.07) is 23.7. The fourth-order valence-corrected chi connectivity index (χ4v) is 4.53. The van der Waals surface area contributed by atoms with Crippen LogP contribution in [0.15, 0.2) is 96.4 Å². The minimum absolute atomic E-state index is 0.183. The molecule has 0 unspecified atom stereocenters. The minimum Gasteiger partial charge on any atom is -0.338 e. The van der Waals surface area contributed by atoms with Crippen LogP contribution in [0.4, 0.5) is 5.69 Å². The van der Waals surface area contributed by atoms with Gasteiger partial charge in [-0.05, 0) is 30.3 Å². The largest absolute Gasteiger partial charge is 0.338 e. The first-order valence-corrected chi connectivity index (χ1v) is 10.3. The fraction of sp³-hybridized carbons (Fsp3) is 0.0455. The summed E-state index contributed by atoms with van der Waals surface area (Å²) in [4.78, 5) is 7.99. The van der Waals surface area contributed by atoms with E-state index in [4.69, 9.17) is 0 Å². The fourth-order valence-electron chi connectivity index (χ4n) is 3.06. The third-order valence-electron chi connectivity index (χ3n) is 4.43. The molecule has 0 aliphatic rings. The third-order valence-corrected chi connectivity index (χ3v) is 6.22. The first kappa shape index (κ1) is 18.0. The number of imidazole rings is 1. The normalized spacial score (nSPS) is 11.4. The molecule has 0 fully saturated rings. The Kier molecular flexibility index (Phi) is 4.71. The first-order chi connectivity index (χ1) is 13.6. The van der Waals surface area contributed by atoms with Gasteiger partial charge >= 0.3 is 0 Å². The quantitative estimate of drug-likeness (QED) is 0.490. The summed E-state index contributed by atoms with van der Waals surface area (Å²) < 4.78 is 27.9. The summed E-state index contributed by atoms with van der Waals surface area (Å²) in [6.45, 7) is 3.88. The Morgan fingerprint density at radius 1 is 0.964 bits per heavy atom. The minimum atomic E-state index is -3.75. The molecule has 1 aromatic heterocycles. The summed E-state index contributed by atoms with van der Waals surface area (Å²) in [5.41, 5.74) is 2.93. The zero-order valence-electron chi connectivity index (χ0n) is 15.1. The van der Waals surface area contributed by atoms with E-state index >= 15 is 0 Å². The van der Waals surface area contributed by atoms with Crippen LogP contribution in [0.2, 0.25) is 0 Å². The molecule has 6 heteroatoms. The molecular weight excluding hydrogens is 370 g/mol. The third kappa shape index (κ3) is 3.30. The lowest BCUT2D eigenvalue weighted by atomic mass is 10.2. The SMILES string of the molecule is C=CCN(c1ccccc1)S(=O)(=O)c1ccc2nc(-c3ccccc3)[nH]c2c1. The molecule has 0 bridgehead atoms. The Balaban J connectivity index is 1.77. The van der Waals surface area contributed by atoms with E-state index in [0.717, 1.165) is 5.56 Å². The lowest BCUT2D eigenvalue weighted by Gasteiger charge is -2.23. The van der Waals surface area contributed by atoms with E-state index in [1.165, 1.54) is 4.31 Å². The predicted molar refractivity (Wildman–Crippen MR) is 113 cm³/mol. The molecule has 0 amide bonds. The number of fused-ring (bicyclic) bond motifs is 1. The molecule has 0 atom stereocenters. The summed E-state index contributed by atoms with van der Waals surface area (Å²) in [7, 11) is -3.75. The number of H-pyrrole nitrogens is 1. The van der Waals surface area contributed by atoms with Crippen LogP contribution in [0.3, 0.4) is 0 Å². The van der Waals surface area contributed by atoms with E-state index in [2.05, 4.69) is 16.5 Å². The van der Waals surface area contributed by atoms with Gasteiger partial charge < -0.3 is 4.98 Å². The number of nitrogens with zero attached hydrogens (tertiary/aromatic N) is 2. The molecule has 1 heterocycles. The number of benzene rings is 3. The Hall–Kier alpha value is -3.38. The number of aromatic nitrogens is 2. The highest BCUT2D eigenvalue weighted by molar-refractivity contribution is 7.92. The molecule has 4 aromatic rings. The van der Waals surface area contributed by atoms with E-state index in [-0.39, 0.29) is 11.4 Å². The van der Waals surface area contributed by atoms with E-state index in [0.29, 0.717) is 22.5 Å². The molecule has 0 radical (unpaired) electrons. The van der Waals surface area contributed by atoms with Crippen LogP contribution in [-0.4, -0.2) is 24.9 Å². The Labute approximate surface area is 164 Å². The number of para-hydroxylation sites is 1. The van der Waals surface area contributed by atoms with Gasteiger partial charge in [-0.25, -0.2) is 13.4 Å². The van der Waals surface area contributed by atoms with Crippen LogP contribution in [0.25, 0.3) is 22.4 Å². The lowest BCUT2D eigenvalue weighted by Crippen LogP contribution is -2.31. The van der Waals surface area contributed by atoms with Crippen molar-refractivity contribution in [2.24, 2.45) is 0 Å². The monoisotopic (exact) mass is 389 g/mol. The van der Waals surface area contributed by atoms with Crippen molar-refractivity contribution in [3.05, 3.63) is 91.5 Å². The second kappa shape index (κ2) is 7.32. The number of sulfonamides is 1. The highest BCUT2D eigenvalue weighted by Crippen LogP contribution is 2.27. The standard InChI is InChI=1S/C22H19N3O2S/c1-2-15-25(18-11-7-4-8-12-18)28(26,27)19-13-14-20-21(16-19)24-22(23-20)17-9-5-3-6-10-17/h2-14,16H,1,15H2,(H,23,24). The summed E-state index contributed by atoms with van der Waals surface area (Å²) >= 11 is 0. The maximum atomic E-state index is 13.3. The van der Waals surface area contributed by atoms with Crippen molar-refractivity contribution in [2.75, 3.05) is 10.8 Å². The topological polar surface area (TPSA) is 66.1 Å². The Morgan fingerprint density at radius 3 is 2.32 bits per heavy atom.